The highest BCUT2D eigenvalue weighted by molar-refractivity contribution is 8.00. The molecule has 0 saturated carbocycles. The molecule has 0 aliphatic rings. The standard InChI is InChI=1S/C11H12ClF3OS/c1-6(2)17-8-5-3-4-7(12)9(8)10(16)11(13,14)15/h3-6,10,16H,1-2H3/t10-/m1/s1. The van der Waals surface area contributed by atoms with Gasteiger partial charge >= 0.3 is 6.18 Å². The van der Waals surface area contributed by atoms with Gasteiger partial charge in [-0.2, -0.15) is 13.2 Å². The summed E-state index contributed by atoms with van der Waals surface area (Å²) in [6.45, 7) is 3.71. The third-order valence-corrected chi connectivity index (χ3v) is 3.37. The van der Waals surface area contributed by atoms with Crippen molar-refractivity contribution in [1.29, 1.82) is 0 Å². The first-order valence-corrected chi connectivity index (χ1v) is 6.19. The highest BCUT2D eigenvalue weighted by Crippen LogP contribution is 2.41. The number of benzene rings is 1. The third-order valence-electron chi connectivity index (χ3n) is 1.96. The molecular weight excluding hydrogens is 273 g/mol. The van der Waals surface area contributed by atoms with E-state index >= 15 is 0 Å². The fourth-order valence-corrected chi connectivity index (χ4v) is 2.65. The predicted molar refractivity (Wildman–Crippen MR) is 63.5 cm³/mol. The summed E-state index contributed by atoms with van der Waals surface area (Å²) in [5.41, 5.74) is -0.264. The van der Waals surface area contributed by atoms with E-state index < -0.39 is 12.3 Å². The molecule has 0 radical (unpaired) electrons. The third kappa shape index (κ3) is 3.79. The number of alkyl halides is 3. The Morgan fingerprint density at radius 2 is 1.88 bits per heavy atom. The van der Waals surface area contributed by atoms with Crippen LogP contribution in [0, 0.1) is 0 Å². The Hall–Kier alpha value is -0.390. The van der Waals surface area contributed by atoms with Crippen LogP contribution in [0.15, 0.2) is 23.1 Å². The molecule has 1 rings (SSSR count). The molecule has 0 aliphatic heterocycles. The van der Waals surface area contributed by atoms with Crippen LogP contribution in [0.1, 0.15) is 25.5 Å². The minimum absolute atomic E-state index is 0.0690. The minimum atomic E-state index is -4.71. The molecule has 6 heteroatoms. The molecule has 1 N–H and O–H groups in total. The zero-order valence-electron chi connectivity index (χ0n) is 9.25. The summed E-state index contributed by atoms with van der Waals surface area (Å²) in [6, 6.07) is 4.44. The summed E-state index contributed by atoms with van der Waals surface area (Å²) in [4.78, 5) is 0.359. The molecule has 0 aliphatic carbocycles. The first-order chi connectivity index (χ1) is 7.73. The second-order valence-electron chi connectivity index (χ2n) is 3.76. The van der Waals surface area contributed by atoms with Crippen molar-refractivity contribution in [1.82, 2.24) is 0 Å². The van der Waals surface area contributed by atoms with Crippen LogP contribution in [-0.4, -0.2) is 16.5 Å². The molecule has 0 fully saturated rings. The quantitative estimate of drug-likeness (QED) is 0.828. The van der Waals surface area contributed by atoms with Crippen molar-refractivity contribution in [3.05, 3.63) is 28.8 Å². The number of rotatable bonds is 3. The van der Waals surface area contributed by atoms with E-state index in [1.807, 2.05) is 13.8 Å². The lowest BCUT2D eigenvalue weighted by atomic mass is 10.1. The van der Waals surface area contributed by atoms with Gasteiger partial charge in [-0.15, -0.1) is 11.8 Å². The Morgan fingerprint density at radius 3 is 2.35 bits per heavy atom. The van der Waals surface area contributed by atoms with Gasteiger partial charge < -0.3 is 5.11 Å². The number of hydrogen-bond acceptors (Lipinski definition) is 2. The zero-order chi connectivity index (χ0) is 13.2. The monoisotopic (exact) mass is 284 g/mol. The molecule has 0 unspecified atom stereocenters. The Balaban J connectivity index is 3.20. The Labute approximate surface area is 107 Å². The topological polar surface area (TPSA) is 20.2 Å². The van der Waals surface area contributed by atoms with Crippen molar-refractivity contribution in [2.75, 3.05) is 0 Å². The lowest BCUT2D eigenvalue weighted by molar-refractivity contribution is -0.207. The first kappa shape index (κ1) is 14.7. The van der Waals surface area contributed by atoms with E-state index in [0.717, 1.165) is 0 Å². The predicted octanol–water partition coefficient (Wildman–Crippen LogP) is 4.44. The van der Waals surface area contributed by atoms with Crippen LogP contribution in [0.5, 0.6) is 0 Å². The van der Waals surface area contributed by atoms with Gasteiger partial charge in [0, 0.05) is 20.7 Å². The number of thioether (sulfide) groups is 1. The van der Waals surface area contributed by atoms with Gasteiger partial charge in [-0.25, -0.2) is 0 Å². The molecule has 96 valence electrons. The number of hydrogen-bond donors (Lipinski definition) is 1. The fraction of sp³-hybridized carbons (Fsp3) is 0.455. The van der Waals surface area contributed by atoms with Crippen LogP contribution in [0.2, 0.25) is 5.02 Å². The van der Waals surface area contributed by atoms with Gasteiger partial charge in [-0.1, -0.05) is 31.5 Å². The Bertz CT molecular complexity index is 393. The molecule has 0 amide bonds. The van der Waals surface area contributed by atoms with E-state index in [0.29, 0.717) is 4.90 Å². The molecular formula is C11H12ClF3OS. The molecule has 1 aromatic carbocycles. The maximum Gasteiger partial charge on any atom is 0.418 e. The van der Waals surface area contributed by atoms with Crippen LogP contribution in [0.4, 0.5) is 13.2 Å². The summed E-state index contributed by atoms with van der Waals surface area (Å²) in [7, 11) is 0. The highest BCUT2D eigenvalue weighted by atomic mass is 35.5. The number of aliphatic hydroxyl groups excluding tert-OH is 1. The second-order valence-corrected chi connectivity index (χ2v) is 5.79. The Morgan fingerprint density at radius 1 is 1.29 bits per heavy atom. The van der Waals surface area contributed by atoms with Crippen LogP contribution in [0.3, 0.4) is 0 Å². The highest BCUT2D eigenvalue weighted by Gasteiger charge is 2.41. The largest absolute Gasteiger partial charge is 0.418 e. The van der Waals surface area contributed by atoms with Crippen molar-refractivity contribution in [3.8, 4) is 0 Å². The first-order valence-electron chi connectivity index (χ1n) is 4.93. The molecule has 0 heterocycles. The summed E-state index contributed by atoms with van der Waals surface area (Å²) < 4.78 is 37.5. The number of halogens is 4. The average Bonchev–Trinajstić information content (AvgIpc) is 2.14. The van der Waals surface area contributed by atoms with Crippen molar-refractivity contribution in [2.45, 2.75) is 36.3 Å². The van der Waals surface area contributed by atoms with Gasteiger partial charge in [0.05, 0.1) is 0 Å². The summed E-state index contributed by atoms with van der Waals surface area (Å²) in [5.74, 6) is 0. The molecule has 0 saturated heterocycles. The van der Waals surface area contributed by atoms with Gasteiger partial charge in [-0.05, 0) is 12.1 Å². The number of aliphatic hydroxyl groups is 1. The SMILES string of the molecule is CC(C)Sc1cccc(Cl)c1[C@@H](O)C(F)(F)F. The van der Waals surface area contributed by atoms with E-state index in [1.54, 1.807) is 6.07 Å². The normalized spacial score (nSPS) is 14.1. The van der Waals surface area contributed by atoms with E-state index in [-0.39, 0.29) is 15.8 Å². The van der Waals surface area contributed by atoms with Gasteiger partial charge in [-0.3, -0.25) is 0 Å². The van der Waals surface area contributed by atoms with Gasteiger partial charge in [0.15, 0.2) is 6.10 Å². The van der Waals surface area contributed by atoms with E-state index in [4.69, 9.17) is 11.6 Å². The summed E-state index contributed by atoms with van der Waals surface area (Å²) in [5, 5.41) is 9.34. The molecule has 1 aromatic rings. The van der Waals surface area contributed by atoms with Crippen LogP contribution in [-0.2, 0) is 0 Å². The van der Waals surface area contributed by atoms with E-state index in [9.17, 15) is 18.3 Å². The summed E-state index contributed by atoms with van der Waals surface area (Å²) >= 11 is 6.98. The van der Waals surface area contributed by atoms with Crippen molar-refractivity contribution < 1.29 is 18.3 Å². The smallest absolute Gasteiger partial charge is 0.379 e. The lowest BCUT2D eigenvalue weighted by Crippen LogP contribution is -2.21. The zero-order valence-corrected chi connectivity index (χ0v) is 10.8. The molecule has 1 nitrogen and oxygen atoms in total. The molecule has 0 aromatic heterocycles. The maximum absolute atomic E-state index is 12.5. The maximum atomic E-state index is 12.5. The molecule has 0 spiro atoms. The van der Waals surface area contributed by atoms with Gasteiger partial charge in [0.25, 0.3) is 0 Å². The van der Waals surface area contributed by atoms with Gasteiger partial charge in [0.2, 0.25) is 0 Å². The van der Waals surface area contributed by atoms with Crippen molar-refractivity contribution in [3.63, 3.8) is 0 Å². The van der Waals surface area contributed by atoms with Crippen LogP contribution < -0.4 is 0 Å². The van der Waals surface area contributed by atoms with Gasteiger partial charge in [0.1, 0.15) is 0 Å². The fourth-order valence-electron chi connectivity index (χ4n) is 1.30. The van der Waals surface area contributed by atoms with Crippen LogP contribution >= 0.6 is 23.4 Å². The minimum Gasteiger partial charge on any atom is -0.379 e. The molecule has 17 heavy (non-hydrogen) atoms. The van der Waals surface area contributed by atoms with Crippen molar-refractivity contribution >= 4 is 23.4 Å². The second kappa shape index (κ2) is 5.50. The average molecular weight is 285 g/mol. The molecule has 1 atom stereocenters. The van der Waals surface area contributed by atoms with E-state index in [1.165, 1.54) is 23.9 Å². The Kier molecular flexibility index (Phi) is 4.75. The van der Waals surface area contributed by atoms with Crippen LogP contribution in [0.25, 0.3) is 0 Å². The van der Waals surface area contributed by atoms with Crippen molar-refractivity contribution in [2.24, 2.45) is 0 Å². The summed E-state index contributed by atoms with van der Waals surface area (Å²) in [6.07, 6.45) is -7.26. The molecule has 0 bridgehead atoms. The van der Waals surface area contributed by atoms with E-state index in [2.05, 4.69) is 0 Å². The lowest BCUT2D eigenvalue weighted by Gasteiger charge is -2.20.